The minimum Gasteiger partial charge on any atom is -0.390 e. The van der Waals surface area contributed by atoms with Crippen molar-refractivity contribution in [3.8, 4) is 0 Å². The summed E-state index contributed by atoms with van der Waals surface area (Å²) >= 11 is 0. The number of nitrogens with two attached hydrogens (primary N) is 1. The molecule has 0 fully saturated rings. The molecule has 0 radical (unpaired) electrons. The topological polar surface area (TPSA) is 75.4 Å². The SMILES string of the molecule is CCC(C)(N)C(=O)N[C@@H]1c2ccccc2C[C@@H]1O. The summed E-state index contributed by atoms with van der Waals surface area (Å²) in [6.07, 6.45) is 0.566. The first-order valence-corrected chi connectivity index (χ1v) is 6.31. The zero-order chi connectivity index (χ0) is 13.3. The number of amides is 1. The fourth-order valence-electron chi connectivity index (χ4n) is 2.21. The Morgan fingerprint density at radius 3 is 2.89 bits per heavy atom. The quantitative estimate of drug-likeness (QED) is 0.743. The lowest BCUT2D eigenvalue weighted by molar-refractivity contribution is -0.127. The van der Waals surface area contributed by atoms with E-state index in [9.17, 15) is 9.90 Å². The van der Waals surface area contributed by atoms with Crippen LogP contribution in [0.5, 0.6) is 0 Å². The second-order valence-electron chi connectivity index (χ2n) is 5.19. The van der Waals surface area contributed by atoms with Gasteiger partial charge in [0.2, 0.25) is 5.91 Å². The van der Waals surface area contributed by atoms with Crippen LogP contribution in [0.15, 0.2) is 24.3 Å². The van der Waals surface area contributed by atoms with Gasteiger partial charge < -0.3 is 16.2 Å². The molecule has 0 spiro atoms. The molecule has 18 heavy (non-hydrogen) atoms. The van der Waals surface area contributed by atoms with Crippen LogP contribution in [0.25, 0.3) is 0 Å². The highest BCUT2D eigenvalue weighted by atomic mass is 16.3. The van der Waals surface area contributed by atoms with Gasteiger partial charge in [0.1, 0.15) is 0 Å². The molecule has 1 aromatic rings. The summed E-state index contributed by atoms with van der Waals surface area (Å²) in [6.45, 7) is 3.58. The maximum atomic E-state index is 12.1. The predicted molar refractivity (Wildman–Crippen MR) is 69.9 cm³/mol. The highest BCUT2D eigenvalue weighted by Crippen LogP contribution is 2.31. The van der Waals surface area contributed by atoms with Crippen molar-refractivity contribution in [2.75, 3.05) is 0 Å². The molecule has 1 unspecified atom stereocenters. The Morgan fingerprint density at radius 1 is 1.56 bits per heavy atom. The van der Waals surface area contributed by atoms with E-state index >= 15 is 0 Å². The molecule has 1 aliphatic carbocycles. The highest BCUT2D eigenvalue weighted by molar-refractivity contribution is 5.86. The van der Waals surface area contributed by atoms with Gasteiger partial charge in [-0.2, -0.15) is 0 Å². The zero-order valence-electron chi connectivity index (χ0n) is 10.8. The Balaban J connectivity index is 2.18. The van der Waals surface area contributed by atoms with Gasteiger partial charge in [-0.15, -0.1) is 0 Å². The normalized spacial score (nSPS) is 25.3. The van der Waals surface area contributed by atoms with Gasteiger partial charge in [-0.25, -0.2) is 0 Å². The number of hydrogen-bond donors (Lipinski definition) is 3. The minimum absolute atomic E-state index is 0.217. The third-order valence-corrected chi connectivity index (χ3v) is 3.74. The van der Waals surface area contributed by atoms with Gasteiger partial charge in [0.15, 0.2) is 0 Å². The van der Waals surface area contributed by atoms with Crippen molar-refractivity contribution in [3.05, 3.63) is 35.4 Å². The van der Waals surface area contributed by atoms with Gasteiger partial charge in [-0.05, 0) is 24.5 Å². The van der Waals surface area contributed by atoms with Crippen LogP contribution in [0.1, 0.15) is 37.4 Å². The molecule has 0 saturated carbocycles. The number of aliphatic hydroxyl groups is 1. The molecule has 1 amide bonds. The molecule has 0 heterocycles. The number of hydrogen-bond acceptors (Lipinski definition) is 3. The maximum absolute atomic E-state index is 12.1. The summed E-state index contributed by atoms with van der Waals surface area (Å²) in [5.41, 5.74) is 7.10. The molecular formula is C14H20N2O2. The van der Waals surface area contributed by atoms with Crippen molar-refractivity contribution < 1.29 is 9.90 Å². The fraction of sp³-hybridized carbons (Fsp3) is 0.500. The van der Waals surface area contributed by atoms with Gasteiger partial charge >= 0.3 is 0 Å². The number of carbonyl (C=O) groups excluding carboxylic acids is 1. The summed E-state index contributed by atoms with van der Waals surface area (Å²) in [5, 5.41) is 12.9. The zero-order valence-corrected chi connectivity index (χ0v) is 10.8. The molecule has 4 nitrogen and oxygen atoms in total. The average Bonchev–Trinajstić information content (AvgIpc) is 2.66. The summed E-state index contributed by atoms with van der Waals surface area (Å²) < 4.78 is 0. The molecule has 2 rings (SSSR count). The Morgan fingerprint density at radius 2 is 2.22 bits per heavy atom. The third kappa shape index (κ3) is 2.26. The molecule has 0 aliphatic heterocycles. The summed E-state index contributed by atoms with van der Waals surface area (Å²) in [4.78, 5) is 12.1. The number of aliphatic hydroxyl groups excluding tert-OH is 1. The monoisotopic (exact) mass is 248 g/mol. The Labute approximate surface area is 107 Å². The second kappa shape index (κ2) is 4.71. The lowest BCUT2D eigenvalue weighted by Gasteiger charge is -2.26. The van der Waals surface area contributed by atoms with Gasteiger partial charge in [0.05, 0.1) is 17.7 Å². The van der Waals surface area contributed by atoms with Crippen molar-refractivity contribution in [2.45, 2.75) is 44.4 Å². The third-order valence-electron chi connectivity index (χ3n) is 3.74. The van der Waals surface area contributed by atoms with Crippen molar-refractivity contribution in [1.82, 2.24) is 5.32 Å². The highest BCUT2D eigenvalue weighted by Gasteiger charge is 2.35. The van der Waals surface area contributed by atoms with Crippen molar-refractivity contribution in [3.63, 3.8) is 0 Å². The van der Waals surface area contributed by atoms with E-state index in [1.165, 1.54) is 0 Å². The molecule has 4 heteroatoms. The maximum Gasteiger partial charge on any atom is 0.240 e. The molecule has 0 bridgehead atoms. The molecule has 1 aromatic carbocycles. The first-order chi connectivity index (χ1) is 8.45. The van der Waals surface area contributed by atoms with E-state index in [0.717, 1.165) is 11.1 Å². The number of fused-ring (bicyclic) bond motifs is 1. The minimum atomic E-state index is -0.892. The largest absolute Gasteiger partial charge is 0.390 e. The van der Waals surface area contributed by atoms with Crippen LogP contribution in [0, 0.1) is 0 Å². The second-order valence-corrected chi connectivity index (χ2v) is 5.19. The Hall–Kier alpha value is -1.39. The smallest absolute Gasteiger partial charge is 0.240 e. The molecule has 3 atom stereocenters. The number of rotatable bonds is 3. The van der Waals surface area contributed by atoms with Crippen LogP contribution in [0.2, 0.25) is 0 Å². The molecule has 4 N–H and O–H groups in total. The van der Waals surface area contributed by atoms with Crippen molar-refractivity contribution >= 4 is 5.91 Å². The molecule has 0 aromatic heterocycles. The van der Waals surface area contributed by atoms with Crippen molar-refractivity contribution in [2.24, 2.45) is 5.73 Å². The van der Waals surface area contributed by atoms with E-state index in [2.05, 4.69) is 5.32 Å². The molecule has 0 saturated heterocycles. The van der Waals surface area contributed by atoms with E-state index in [-0.39, 0.29) is 11.9 Å². The van der Waals surface area contributed by atoms with Crippen LogP contribution >= 0.6 is 0 Å². The number of carbonyl (C=O) groups is 1. The van der Waals surface area contributed by atoms with Crippen LogP contribution < -0.4 is 11.1 Å². The van der Waals surface area contributed by atoms with E-state index in [4.69, 9.17) is 5.73 Å². The van der Waals surface area contributed by atoms with Crippen molar-refractivity contribution in [1.29, 1.82) is 0 Å². The number of benzene rings is 1. The predicted octanol–water partition coefficient (Wildman–Crippen LogP) is 0.888. The van der Waals surface area contributed by atoms with Gasteiger partial charge in [0, 0.05) is 6.42 Å². The average molecular weight is 248 g/mol. The Kier molecular flexibility index (Phi) is 3.41. The van der Waals surface area contributed by atoms with E-state index < -0.39 is 11.6 Å². The lowest BCUT2D eigenvalue weighted by Crippen LogP contribution is -2.52. The van der Waals surface area contributed by atoms with Gasteiger partial charge in [0.25, 0.3) is 0 Å². The first kappa shape index (κ1) is 13.1. The fourth-order valence-corrected chi connectivity index (χ4v) is 2.21. The Bertz CT molecular complexity index is 457. The number of nitrogens with one attached hydrogen (secondary N) is 1. The van der Waals surface area contributed by atoms with Crippen LogP contribution in [0.4, 0.5) is 0 Å². The van der Waals surface area contributed by atoms with Crippen LogP contribution in [-0.2, 0) is 11.2 Å². The molecule has 98 valence electrons. The van der Waals surface area contributed by atoms with Gasteiger partial charge in [-0.3, -0.25) is 4.79 Å². The summed E-state index contributed by atoms with van der Waals surface area (Å²) in [7, 11) is 0. The first-order valence-electron chi connectivity index (χ1n) is 6.31. The van der Waals surface area contributed by atoms with Crippen LogP contribution in [-0.4, -0.2) is 22.7 Å². The summed E-state index contributed by atoms with van der Waals surface area (Å²) in [5.74, 6) is -0.217. The molecule has 1 aliphatic rings. The summed E-state index contributed by atoms with van der Waals surface area (Å²) in [6, 6.07) is 7.43. The van der Waals surface area contributed by atoms with Gasteiger partial charge in [-0.1, -0.05) is 31.2 Å². The van der Waals surface area contributed by atoms with Crippen LogP contribution in [0.3, 0.4) is 0 Å². The van der Waals surface area contributed by atoms with E-state index in [1.54, 1.807) is 6.92 Å². The van der Waals surface area contributed by atoms with E-state index in [1.807, 2.05) is 31.2 Å². The lowest BCUT2D eigenvalue weighted by atomic mass is 9.98. The standard InChI is InChI=1S/C14H20N2O2/c1-3-14(2,15)13(18)16-12-10-7-5-4-6-9(10)8-11(12)17/h4-7,11-12,17H,3,8,15H2,1-2H3,(H,16,18)/t11-,12+,14?/m0/s1. The molecular weight excluding hydrogens is 228 g/mol. The van der Waals surface area contributed by atoms with E-state index in [0.29, 0.717) is 12.8 Å².